The summed E-state index contributed by atoms with van der Waals surface area (Å²) in [5, 5.41) is 0. The van der Waals surface area contributed by atoms with E-state index in [1.54, 1.807) is 19.6 Å². The Kier molecular flexibility index (Phi) is 13.1. The number of ether oxygens (including phenoxy) is 4. The molecule has 2 aliphatic rings. The maximum Gasteiger partial charge on any atom is 0.327 e. The normalized spacial score (nSPS) is 22.1. The van der Waals surface area contributed by atoms with E-state index in [9.17, 15) is 9.59 Å². The Bertz CT molecular complexity index is 589. The molecular weight excluding hydrogens is 452 g/mol. The van der Waals surface area contributed by atoms with E-state index in [2.05, 4.69) is 27.7 Å². The topological polar surface area (TPSA) is 84.0 Å². The molecular formula is C25H48N4O6. The standard InChI is InChI=1S/C25H48N4O6/c1-6-10-14-32-18-26-22-25(5,28(23(26)30)20-34-16-12-8-3)29(21-35-17-13-9-4)24(31)27(22)19-33-15-11-7-2/h22H,6-21H2,1-5H3. The van der Waals surface area contributed by atoms with Gasteiger partial charge in [0.1, 0.15) is 26.9 Å². The highest BCUT2D eigenvalue weighted by Gasteiger charge is 2.67. The van der Waals surface area contributed by atoms with Gasteiger partial charge in [-0.15, -0.1) is 0 Å². The van der Waals surface area contributed by atoms with Crippen LogP contribution in [0.1, 0.15) is 86.0 Å². The quantitative estimate of drug-likeness (QED) is 0.227. The van der Waals surface area contributed by atoms with Crippen molar-refractivity contribution in [1.29, 1.82) is 0 Å². The van der Waals surface area contributed by atoms with Crippen LogP contribution in [-0.2, 0) is 18.9 Å². The van der Waals surface area contributed by atoms with Crippen molar-refractivity contribution in [2.45, 2.75) is 97.8 Å². The molecule has 0 aromatic rings. The van der Waals surface area contributed by atoms with Gasteiger partial charge in [0.05, 0.1) is 0 Å². The van der Waals surface area contributed by atoms with Gasteiger partial charge in [-0.2, -0.15) is 0 Å². The summed E-state index contributed by atoms with van der Waals surface area (Å²) in [6.45, 7) is 12.9. The van der Waals surface area contributed by atoms with Crippen molar-refractivity contribution in [1.82, 2.24) is 19.6 Å². The summed E-state index contributed by atoms with van der Waals surface area (Å²) in [5.74, 6) is 0. The molecule has 35 heavy (non-hydrogen) atoms. The van der Waals surface area contributed by atoms with E-state index in [0.29, 0.717) is 26.4 Å². The molecule has 4 amide bonds. The average Bonchev–Trinajstić information content (AvgIpc) is 3.18. The molecule has 0 aromatic heterocycles. The fourth-order valence-electron chi connectivity index (χ4n) is 4.34. The molecule has 2 saturated heterocycles. The molecule has 2 heterocycles. The smallest absolute Gasteiger partial charge is 0.327 e. The minimum absolute atomic E-state index is 0.0978. The fraction of sp³-hybridized carbons (Fsp3) is 0.920. The highest BCUT2D eigenvalue weighted by atomic mass is 16.5. The number of amides is 4. The lowest BCUT2D eigenvalue weighted by Gasteiger charge is -2.39. The summed E-state index contributed by atoms with van der Waals surface area (Å²) < 4.78 is 23.5. The number of hydrogen-bond acceptors (Lipinski definition) is 6. The van der Waals surface area contributed by atoms with Gasteiger partial charge in [0.2, 0.25) is 0 Å². The molecule has 0 bridgehead atoms. The van der Waals surface area contributed by atoms with E-state index in [4.69, 9.17) is 18.9 Å². The van der Waals surface area contributed by atoms with Crippen LogP contribution in [-0.4, -0.2) is 96.8 Å². The fourth-order valence-corrected chi connectivity index (χ4v) is 4.34. The number of unbranched alkanes of at least 4 members (excludes halogenated alkanes) is 4. The predicted molar refractivity (Wildman–Crippen MR) is 133 cm³/mol. The molecule has 0 atom stereocenters. The molecule has 0 unspecified atom stereocenters. The molecule has 0 aromatic carbocycles. The van der Waals surface area contributed by atoms with E-state index in [1.165, 1.54) is 0 Å². The zero-order chi connectivity index (χ0) is 25.7. The lowest BCUT2D eigenvalue weighted by Crippen LogP contribution is -2.59. The van der Waals surface area contributed by atoms with Gasteiger partial charge in [0, 0.05) is 26.4 Å². The van der Waals surface area contributed by atoms with Crippen LogP contribution in [0.15, 0.2) is 0 Å². The number of hydrogen-bond donors (Lipinski definition) is 0. The molecule has 0 saturated carbocycles. The minimum atomic E-state index is -0.977. The maximum absolute atomic E-state index is 13.6. The summed E-state index contributed by atoms with van der Waals surface area (Å²) in [5.41, 5.74) is -0.977. The number of nitrogens with zero attached hydrogens (tertiary/aromatic N) is 4. The molecule has 0 spiro atoms. The third-order valence-electron chi connectivity index (χ3n) is 6.60. The van der Waals surface area contributed by atoms with Crippen molar-refractivity contribution in [2.75, 3.05) is 53.4 Å². The van der Waals surface area contributed by atoms with Crippen LogP contribution in [0.25, 0.3) is 0 Å². The monoisotopic (exact) mass is 500 g/mol. The van der Waals surface area contributed by atoms with Gasteiger partial charge in [0.15, 0.2) is 11.8 Å². The van der Waals surface area contributed by atoms with Gasteiger partial charge in [-0.05, 0) is 32.6 Å². The predicted octanol–water partition coefficient (Wildman–Crippen LogP) is 4.60. The van der Waals surface area contributed by atoms with Crippen molar-refractivity contribution in [3.63, 3.8) is 0 Å². The van der Waals surface area contributed by atoms with Crippen molar-refractivity contribution >= 4 is 12.1 Å². The first-order valence-corrected chi connectivity index (χ1v) is 13.5. The Hall–Kier alpha value is -1.62. The Morgan fingerprint density at radius 1 is 0.600 bits per heavy atom. The minimum Gasteiger partial charge on any atom is -0.361 e. The summed E-state index contributed by atoms with van der Waals surface area (Å²) in [6.07, 6.45) is 7.08. The van der Waals surface area contributed by atoms with Crippen LogP contribution in [0.4, 0.5) is 9.59 Å². The highest BCUT2D eigenvalue weighted by Crippen LogP contribution is 2.43. The molecule has 2 fully saturated rings. The van der Waals surface area contributed by atoms with Gasteiger partial charge in [-0.1, -0.05) is 53.4 Å². The zero-order valence-corrected chi connectivity index (χ0v) is 22.6. The molecule has 0 aliphatic carbocycles. The largest absolute Gasteiger partial charge is 0.361 e. The van der Waals surface area contributed by atoms with Gasteiger partial charge in [0.25, 0.3) is 0 Å². The van der Waals surface area contributed by atoms with Crippen molar-refractivity contribution in [3.05, 3.63) is 0 Å². The van der Waals surface area contributed by atoms with Crippen LogP contribution in [0.2, 0.25) is 0 Å². The Labute approximate surface area is 211 Å². The molecule has 0 radical (unpaired) electrons. The Morgan fingerprint density at radius 2 is 0.914 bits per heavy atom. The molecule has 0 N–H and O–H groups in total. The van der Waals surface area contributed by atoms with Crippen LogP contribution in [0.5, 0.6) is 0 Å². The molecule has 10 heteroatoms. The number of carbonyl (C=O) groups excluding carboxylic acids is 2. The lowest BCUT2D eigenvalue weighted by molar-refractivity contribution is -0.0847. The zero-order valence-electron chi connectivity index (χ0n) is 22.6. The van der Waals surface area contributed by atoms with Crippen LogP contribution >= 0.6 is 0 Å². The first-order chi connectivity index (χ1) is 17.0. The number of rotatable bonds is 20. The van der Waals surface area contributed by atoms with Crippen LogP contribution in [0.3, 0.4) is 0 Å². The summed E-state index contributed by atoms with van der Waals surface area (Å²) >= 11 is 0. The van der Waals surface area contributed by atoms with Crippen LogP contribution < -0.4 is 0 Å². The molecule has 2 aliphatic heterocycles. The van der Waals surface area contributed by atoms with Gasteiger partial charge >= 0.3 is 12.1 Å². The number of urea groups is 2. The Balaban J connectivity index is 2.31. The Morgan fingerprint density at radius 3 is 1.23 bits per heavy atom. The van der Waals surface area contributed by atoms with Gasteiger partial charge in [-0.3, -0.25) is 19.6 Å². The van der Waals surface area contributed by atoms with E-state index in [-0.39, 0.29) is 39.0 Å². The summed E-state index contributed by atoms with van der Waals surface area (Å²) in [6, 6.07) is -0.426. The lowest BCUT2D eigenvalue weighted by atomic mass is 10.1. The van der Waals surface area contributed by atoms with Crippen molar-refractivity contribution in [2.24, 2.45) is 0 Å². The van der Waals surface area contributed by atoms with E-state index >= 15 is 0 Å². The van der Waals surface area contributed by atoms with Gasteiger partial charge in [-0.25, -0.2) is 9.59 Å². The third-order valence-corrected chi connectivity index (χ3v) is 6.60. The maximum atomic E-state index is 13.6. The second-order valence-electron chi connectivity index (χ2n) is 9.39. The van der Waals surface area contributed by atoms with Crippen LogP contribution in [0, 0.1) is 0 Å². The second-order valence-corrected chi connectivity index (χ2v) is 9.39. The van der Waals surface area contributed by atoms with E-state index in [1.807, 2.05) is 6.92 Å². The van der Waals surface area contributed by atoms with E-state index < -0.39 is 11.8 Å². The number of fused-ring (bicyclic) bond motifs is 1. The average molecular weight is 501 g/mol. The molecule has 204 valence electrons. The third kappa shape index (κ3) is 7.21. The number of carbonyl (C=O) groups is 2. The van der Waals surface area contributed by atoms with Gasteiger partial charge < -0.3 is 18.9 Å². The molecule has 2 rings (SSSR count). The summed E-state index contributed by atoms with van der Waals surface area (Å²) in [7, 11) is 0. The first kappa shape index (κ1) is 29.6. The SMILES string of the molecule is CCCCOCN1C(=O)N(COCCCC)C2(C)C1N(COCCCC)C(=O)N2COCCCC. The summed E-state index contributed by atoms with van der Waals surface area (Å²) in [4.78, 5) is 33.8. The first-order valence-electron chi connectivity index (χ1n) is 13.5. The van der Waals surface area contributed by atoms with Crippen molar-refractivity contribution in [3.8, 4) is 0 Å². The van der Waals surface area contributed by atoms with E-state index in [0.717, 1.165) is 51.4 Å². The second kappa shape index (κ2) is 15.5. The molecule has 10 nitrogen and oxygen atoms in total. The van der Waals surface area contributed by atoms with Crippen molar-refractivity contribution < 1.29 is 28.5 Å². The highest BCUT2D eigenvalue weighted by molar-refractivity contribution is 5.86.